The van der Waals surface area contributed by atoms with Crippen LogP contribution in [0.2, 0.25) is 0 Å². The van der Waals surface area contributed by atoms with Gasteiger partial charge in [0, 0.05) is 85.6 Å². The summed E-state index contributed by atoms with van der Waals surface area (Å²) in [5.74, 6) is -1.92. The number of hydrogen-bond acceptors (Lipinski definition) is 9. The number of piperazine rings is 1. The molecule has 2 amide bonds. The largest absolute Gasteiger partial charge is 0.490 e. The highest BCUT2D eigenvalue weighted by atomic mass is 32.1. The van der Waals surface area contributed by atoms with Crippen molar-refractivity contribution in [3.8, 4) is 39.5 Å². The number of pyridine rings is 2. The molecular weight excluding hydrogens is 677 g/mol. The maximum absolute atomic E-state index is 16.2. The van der Waals surface area contributed by atoms with Crippen LogP contribution in [-0.2, 0) is 16.1 Å². The van der Waals surface area contributed by atoms with Crippen molar-refractivity contribution in [2.75, 3.05) is 60.1 Å². The van der Waals surface area contributed by atoms with Gasteiger partial charge in [-0.1, -0.05) is 6.58 Å². The molecule has 0 aliphatic carbocycles. The third-order valence-electron chi connectivity index (χ3n) is 9.43. The van der Waals surface area contributed by atoms with E-state index < -0.39 is 11.6 Å². The van der Waals surface area contributed by atoms with Crippen LogP contribution in [0.15, 0.2) is 60.8 Å². The lowest BCUT2D eigenvalue weighted by atomic mass is 9.96. The Morgan fingerprint density at radius 3 is 2.59 bits per heavy atom. The van der Waals surface area contributed by atoms with E-state index in [1.165, 1.54) is 24.5 Å². The maximum Gasteiger partial charge on any atom is 0.255 e. The zero-order chi connectivity index (χ0) is 35.8. The Kier molecular flexibility index (Phi) is 9.64. The van der Waals surface area contributed by atoms with Crippen molar-refractivity contribution in [3.05, 3.63) is 83.7 Å². The topological polar surface area (TPSA) is 106 Å². The van der Waals surface area contributed by atoms with E-state index in [-0.39, 0.29) is 42.4 Å². The Morgan fingerprint density at radius 1 is 1.02 bits per heavy atom. The Balaban J connectivity index is 1.43. The van der Waals surface area contributed by atoms with E-state index in [0.29, 0.717) is 70.0 Å². The predicted octanol–water partition coefficient (Wildman–Crippen LogP) is 5.67. The second kappa shape index (κ2) is 14.3. The fourth-order valence-electron chi connectivity index (χ4n) is 6.72. The van der Waals surface area contributed by atoms with Crippen molar-refractivity contribution in [1.29, 1.82) is 0 Å². The number of methoxy groups -OCH3 is 1. The molecule has 5 aromatic rings. The summed E-state index contributed by atoms with van der Waals surface area (Å²) >= 11 is 1.37. The Bertz CT molecular complexity index is 2140. The van der Waals surface area contributed by atoms with E-state index in [1.807, 2.05) is 41.1 Å². The highest BCUT2D eigenvalue weighted by Crippen LogP contribution is 2.47. The van der Waals surface area contributed by atoms with Crippen LogP contribution in [0.5, 0.6) is 5.75 Å². The van der Waals surface area contributed by atoms with E-state index in [0.717, 1.165) is 30.9 Å². The van der Waals surface area contributed by atoms with Gasteiger partial charge in [0.25, 0.3) is 5.91 Å². The van der Waals surface area contributed by atoms with E-state index in [2.05, 4.69) is 16.5 Å². The fraction of sp³-hybridized carbons (Fsp3) is 0.324. The van der Waals surface area contributed by atoms with Crippen LogP contribution in [0.25, 0.3) is 43.9 Å². The Labute approximate surface area is 297 Å². The number of rotatable bonds is 9. The lowest BCUT2D eigenvalue weighted by Crippen LogP contribution is -2.47. The Hall–Kier alpha value is -5.05. The van der Waals surface area contributed by atoms with Crippen LogP contribution >= 0.6 is 11.3 Å². The molecule has 1 atom stereocenters. The number of hydrogen-bond donors (Lipinski definition) is 0. The summed E-state index contributed by atoms with van der Waals surface area (Å²) in [5.41, 5.74) is 3.50. The smallest absolute Gasteiger partial charge is 0.255 e. The monoisotopic (exact) mass is 713 g/mol. The number of carbonyl (C=O) groups excluding carboxylic acids is 2. The van der Waals surface area contributed by atoms with Crippen molar-refractivity contribution in [1.82, 2.24) is 34.4 Å². The van der Waals surface area contributed by atoms with E-state index in [9.17, 15) is 14.0 Å². The maximum atomic E-state index is 16.2. The van der Waals surface area contributed by atoms with Gasteiger partial charge in [0.2, 0.25) is 5.91 Å². The average molecular weight is 714 g/mol. The van der Waals surface area contributed by atoms with E-state index in [4.69, 9.17) is 19.6 Å². The highest BCUT2D eigenvalue weighted by Gasteiger charge is 2.32. The molecule has 2 aliphatic rings. The fourth-order valence-corrected chi connectivity index (χ4v) is 7.67. The second-order valence-electron chi connectivity index (χ2n) is 12.6. The SMILES string of the molecule is C=CC(=O)N1CCn2nc(-c3nc(-c4cncc(C(=O)N5CCN(C)CC5)c4)c4ccsc4c3-c3c(F)cc(F)cc3OCCOC)cc2[C@H]1C. The first-order valence-electron chi connectivity index (χ1n) is 16.6. The molecule has 1 saturated heterocycles. The molecule has 1 fully saturated rings. The third-order valence-corrected chi connectivity index (χ3v) is 10.4. The van der Waals surface area contributed by atoms with Crippen molar-refractivity contribution in [2.45, 2.75) is 19.5 Å². The van der Waals surface area contributed by atoms with Crippen LogP contribution in [0, 0.1) is 11.6 Å². The van der Waals surface area contributed by atoms with Gasteiger partial charge in [-0.2, -0.15) is 5.10 Å². The van der Waals surface area contributed by atoms with Crippen molar-refractivity contribution >= 4 is 33.2 Å². The summed E-state index contributed by atoms with van der Waals surface area (Å²) < 4.78 is 44.4. The molecule has 0 spiro atoms. The number of carbonyl (C=O) groups is 2. The molecule has 0 saturated carbocycles. The summed E-state index contributed by atoms with van der Waals surface area (Å²) in [7, 11) is 3.55. The van der Waals surface area contributed by atoms with Gasteiger partial charge in [-0.25, -0.2) is 13.8 Å². The number of halogens is 2. The van der Waals surface area contributed by atoms with Gasteiger partial charge in [0.1, 0.15) is 35.4 Å². The molecule has 0 bridgehead atoms. The number of ether oxygens (including phenoxy) is 2. The minimum Gasteiger partial charge on any atom is -0.490 e. The molecule has 51 heavy (non-hydrogen) atoms. The summed E-state index contributed by atoms with van der Waals surface area (Å²) in [5, 5.41) is 7.49. The summed E-state index contributed by atoms with van der Waals surface area (Å²) in [6.45, 7) is 9.48. The van der Waals surface area contributed by atoms with Gasteiger partial charge < -0.3 is 24.2 Å². The lowest BCUT2D eigenvalue weighted by molar-refractivity contribution is -0.129. The van der Waals surface area contributed by atoms with Gasteiger partial charge in [-0.15, -0.1) is 11.3 Å². The minimum absolute atomic E-state index is 0.00316. The van der Waals surface area contributed by atoms with E-state index in [1.54, 1.807) is 23.4 Å². The van der Waals surface area contributed by atoms with E-state index >= 15 is 4.39 Å². The standard InChI is InChI=1S/C37H37F2N7O4S/c1-5-31(47)45-11-12-46-29(22(45)2)19-28(42-46)35-33(32-27(39)17-25(38)18-30(32)50-14-13-49-4)36-26(6-15-51-36)34(41-35)23-16-24(21-40-20-23)37(48)44-9-7-43(3)8-10-44/h5-6,15-22H,1,7-14H2,2-4H3/t22-/m1/s1. The van der Waals surface area contributed by atoms with Crippen LogP contribution in [-0.4, -0.2) is 106 Å². The van der Waals surface area contributed by atoms with Gasteiger partial charge in [-0.05, 0) is 43.6 Å². The molecule has 1 aromatic carbocycles. The molecule has 4 aromatic heterocycles. The number of aromatic nitrogens is 4. The molecule has 264 valence electrons. The molecular formula is C37H37F2N7O4S. The number of nitrogens with zero attached hydrogens (tertiary/aromatic N) is 7. The van der Waals surface area contributed by atoms with Crippen LogP contribution in [0.3, 0.4) is 0 Å². The van der Waals surface area contributed by atoms with Crippen molar-refractivity contribution < 1.29 is 27.8 Å². The number of amides is 2. The zero-order valence-electron chi connectivity index (χ0n) is 28.6. The number of fused-ring (bicyclic) bond motifs is 2. The number of benzene rings is 1. The first kappa shape index (κ1) is 34.4. The molecule has 0 N–H and O–H groups in total. The molecule has 6 heterocycles. The van der Waals surface area contributed by atoms with Crippen molar-refractivity contribution in [2.24, 2.45) is 0 Å². The molecule has 0 radical (unpaired) electrons. The predicted molar refractivity (Wildman–Crippen MR) is 191 cm³/mol. The van der Waals surface area contributed by atoms with Gasteiger partial charge in [-0.3, -0.25) is 19.3 Å². The molecule has 2 aliphatic heterocycles. The van der Waals surface area contributed by atoms with Gasteiger partial charge >= 0.3 is 0 Å². The molecule has 0 unspecified atom stereocenters. The highest BCUT2D eigenvalue weighted by molar-refractivity contribution is 7.18. The first-order valence-corrected chi connectivity index (χ1v) is 17.5. The molecule has 7 rings (SSSR count). The first-order chi connectivity index (χ1) is 24.7. The quantitative estimate of drug-likeness (QED) is 0.142. The zero-order valence-corrected chi connectivity index (χ0v) is 29.4. The summed E-state index contributed by atoms with van der Waals surface area (Å²) in [6.07, 6.45) is 4.50. The third kappa shape index (κ3) is 6.50. The van der Waals surface area contributed by atoms with Crippen LogP contribution in [0.1, 0.15) is 29.0 Å². The van der Waals surface area contributed by atoms with Gasteiger partial charge in [0.05, 0.1) is 41.7 Å². The number of thiophene rings is 1. The van der Waals surface area contributed by atoms with Gasteiger partial charge in [0.15, 0.2) is 0 Å². The minimum atomic E-state index is -0.825. The summed E-state index contributed by atoms with van der Waals surface area (Å²) in [4.78, 5) is 41.6. The average Bonchev–Trinajstić information content (AvgIpc) is 3.80. The lowest BCUT2D eigenvalue weighted by Gasteiger charge is -2.33. The second-order valence-corrected chi connectivity index (χ2v) is 13.5. The normalized spacial score (nSPS) is 16.4. The Morgan fingerprint density at radius 2 is 1.82 bits per heavy atom. The molecule has 14 heteroatoms. The molecule has 11 nitrogen and oxygen atoms in total. The van der Waals surface area contributed by atoms with Crippen molar-refractivity contribution in [3.63, 3.8) is 0 Å². The summed E-state index contributed by atoms with van der Waals surface area (Å²) in [6, 6.07) is 7.17. The van der Waals surface area contributed by atoms with Crippen LogP contribution < -0.4 is 4.74 Å². The van der Waals surface area contributed by atoms with Crippen LogP contribution in [0.4, 0.5) is 8.78 Å². The number of likely N-dealkylation sites (N-methyl/N-ethyl adjacent to an activating group) is 1.